The number of benzene rings is 1. The third-order valence-corrected chi connectivity index (χ3v) is 2.39. The van der Waals surface area contributed by atoms with Gasteiger partial charge >= 0.3 is 6.98 Å². The van der Waals surface area contributed by atoms with Crippen LogP contribution in [0, 0.1) is 0 Å². The Labute approximate surface area is 90.1 Å². The lowest BCUT2D eigenvalue weighted by molar-refractivity contribution is 0.0958. The second kappa shape index (κ2) is 3.73. The van der Waals surface area contributed by atoms with E-state index in [4.69, 9.17) is 0 Å². The number of anilines is 1. The Bertz CT molecular complexity index is 433. The Morgan fingerprint density at radius 1 is 1.12 bits per heavy atom. The molecule has 1 aromatic carbocycles. The summed E-state index contributed by atoms with van der Waals surface area (Å²) in [5.74, 6) is -0.346. The number of carbonyl (C=O) groups is 1. The maximum Gasteiger partial charge on any atom is 0.509 e. The van der Waals surface area contributed by atoms with Crippen molar-refractivity contribution < 1.29 is 17.7 Å². The van der Waals surface area contributed by atoms with Crippen LogP contribution >= 0.6 is 0 Å². The molecule has 3 nitrogen and oxygen atoms in total. The Hall–Kier alpha value is -1.66. The van der Waals surface area contributed by atoms with E-state index in [2.05, 4.69) is 10.6 Å². The van der Waals surface area contributed by atoms with Gasteiger partial charge in [0.05, 0.1) is 5.56 Å². The van der Waals surface area contributed by atoms with E-state index in [1.165, 1.54) is 6.07 Å². The zero-order valence-corrected chi connectivity index (χ0v) is 8.27. The van der Waals surface area contributed by atoms with Gasteiger partial charge in [0.25, 0.3) is 5.91 Å². The number of nitrogens with one attached hydrogen (secondary N) is 2. The molecule has 0 saturated carbocycles. The van der Waals surface area contributed by atoms with Crippen LogP contribution < -0.4 is 16.1 Å². The molecule has 86 valence electrons. The molecule has 1 aliphatic rings. The Morgan fingerprint density at radius 3 is 2.50 bits per heavy atom. The van der Waals surface area contributed by atoms with Crippen LogP contribution in [0.2, 0.25) is 0 Å². The zero-order valence-electron chi connectivity index (χ0n) is 8.27. The van der Waals surface area contributed by atoms with Crippen molar-refractivity contribution in [1.82, 2.24) is 5.32 Å². The zero-order chi connectivity index (χ0) is 11.8. The number of fused-ring (bicyclic) bond motifs is 1. The quantitative estimate of drug-likeness (QED) is 0.702. The van der Waals surface area contributed by atoms with Gasteiger partial charge < -0.3 is 23.6 Å². The molecule has 0 atom stereocenters. The summed E-state index contributed by atoms with van der Waals surface area (Å²) in [6, 6.07) is 3.12. The van der Waals surface area contributed by atoms with Gasteiger partial charge in [0, 0.05) is 18.8 Å². The van der Waals surface area contributed by atoms with Gasteiger partial charge in [-0.15, -0.1) is 5.46 Å². The van der Waals surface area contributed by atoms with Crippen molar-refractivity contribution in [2.24, 2.45) is 0 Å². The van der Waals surface area contributed by atoms with Crippen LogP contribution in [0.25, 0.3) is 0 Å². The van der Waals surface area contributed by atoms with Crippen molar-refractivity contribution in [2.75, 3.05) is 18.4 Å². The first-order valence-electron chi connectivity index (χ1n) is 4.84. The lowest BCUT2D eigenvalue weighted by atomic mass is 9.79. The number of hydrogen-bond acceptors (Lipinski definition) is 2. The minimum Gasteiger partial charge on any atom is -0.445 e. The van der Waals surface area contributed by atoms with Gasteiger partial charge in [0.15, 0.2) is 0 Å². The fraction of sp³-hybridized carbons (Fsp3) is 0.222. The topological polar surface area (TPSA) is 41.1 Å². The number of hydrogen-bond donors (Lipinski definition) is 2. The minimum absolute atomic E-state index is 0.242. The second-order valence-corrected chi connectivity index (χ2v) is 3.56. The van der Waals surface area contributed by atoms with E-state index in [9.17, 15) is 17.7 Å². The van der Waals surface area contributed by atoms with E-state index in [0.717, 1.165) is 12.1 Å². The standard InChI is InChI=1S/C9H9BF3N2O/c11-10(12,13)6-1-2-7-8(5-6)14-3-4-15-9(7)16/h1-2,5,14H,3-4H2,(H,15,16)/q-1. The third kappa shape index (κ3) is 1.98. The Balaban J connectivity index is 2.45. The predicted molar refractivity (Wildman–Crippen MR) is 56.0 cm³/mol. The highest BCUT2D eigenvalue weighted by molar-refractivity contribution is 6.73. The summed E-state index contributed by atoms with van der Waals surface area (Å²) in [5.41, 5.74) is -0.200. The molecule has 0 saturated heterocycles. The average Bonchev–Trinajstić information content (AvgIpc) is 2.39. The minimum atomic E-state index is -5.03. The molecule has 1 heterocycles. The lowest BCUT2D eigenvalue weighted by Crippen LogP contribution is -2.34. The summed E-state index contributed by atoms with van der Waals surface area (Å²) in [4.78, 5) is 11.4. The molecule has 0 spiro atoms. The van der Waals surface area contributed by atoms with Crippen LogP contribution in [0.4, 0.5) is 18.6 Å². The van der Waals surface area contributed by atoms with E-state index in [1.54, 1.807) is 0 Å². The highest BCUT2D eigenvalue weighted by atomic mass is 19.4. The molecular weight excluding hydrogens is 220 g/mol. The Kier molecular flexibility index (Phi) is 2.53. The average molecular weight is 229 g/mol. The van der Waals surface area contributed by atoms with Crippen LogP contribution in [-0.2, 0) is 0 Å². The van der Waals surface area contributed by atoms with E-state index in [1.807, 2.05) is 0 Å². The molecule has 16 heavy (non-hydrogen) atoms. The second-order valence-electron chi connectivity index (χ2n) is 3.56. The maximum absolute atomic E-state index is 12.5. The molecule has 1 aliphatic heterocycles. The smallest absolute Gasteiger partial charge is 0.445 e. The number of rotatable bonds is 1. The summed E-state index contributed by atoms with van der Waals surface area (Å²) in [5, 5.41) is 5.38. The number of amides is 1. The van der Waals surface area contributed by atoms with Gasteiger partial charge in [-0.25, -0.2) is 0 Å². The molecule has 2 N–H and O–H groups in total. The van der Waals surface area contributed by atoms with Gasteiger partial charge in [0.1, 0.15) is 0 Å². The summed E-state index contributed by atoms with van der Waals surface area (Å²) in [7, 11) is 0. The van der Waals surface area contributed by atoms with Gasteiger partial charge in [-0.1, -0.05) is 18.2 Å². The van der Waals surface area contributed by atoms with E-state index in [-0.39, 0.29) is 17.2 Å². The molecule has 0 aliphatic carbocycles. The lowest BCUT2D eigenvalue weighted by Gasteiger charge is -2.17. The largest absolute Gasteiger partial charge is 0.509 e. The molecule has 0 aromatic heterocycles. The molecule has 0 unspecified atom stereocenters. The van der Waals surface area contributed by atoms with Crippen molar-refractivity contribution in [2.45, 2.75) is 0 Å². The molecule has 1 aromatic rings. The van der Waals surface area contributed by atoms with Crippen LogP contribution in [0.15, 0.2) is 18.2 Å². The fourth-order valence-corrected chi connectivity index (χ4v) is 1.58. The first-order valence-corrected chi connectivity index (χ1v) is 4.84. The summed E-state index contributed by atoms with van der Waals surface area (Å²) in [6.45, 7) is -4.20. The monoisotopic (exact) mass is 229 g/mol. The van der Waals surface area contributed by atoms with Crippen molar-refractivity contribution in [3.63, 3.8) is 0 Å². The summed E-state index contributed by atoms with van der Waals surface area (Å²) < 4.78 is 37.5. The van der Waals surface area contributed by atoms with Crippen molar-refractivity contribution in [1.29, 1.82) is 0 Å². The molecule has 7 heteroatoms. The van der Waals surface area contributed by atoms with Crippen LogP contribution in [0.1, 0.15) is 10.4 Å². The normalized spacial score (nSPS) is 15.8. The SMILES string of the molecule is O=C1NCCNc2cc([B-](F)(F)F)ccc21. The van der Waals surface area contributed by atoms with Crippen molar-refractivity contribution in [3.05, 3.63) is 23.8 Å². The highest BCUT2D eigenvalue weighted by Gasteiger charge is 2.27. The van der Waals surface area contributed by atoms with E-state index < -0.39 is 12.4 Å². The van der Waals surface area contributed by atoms with E-state index in [0.29, 0.717) is 13.1 Å². The van der Waals surface area contributed by atoms with Gasteiger partial charge in [0.2, 0.25) is 0 Å². The van der Waals surface area contributed by atoms with Crippen LogP contribution in [0.5, 0.6) is 0 Å². The summed E-state index contributed by atoms with van der Waals surface area (Å²) >= 11 is 0. The molecule has 0 radical (unpaired) electrons. The number of halogens is 3. The first-order chi connectivity index (χ1) is 7.48. The number of carbonyl (C=O) groups excluding carboxylic acids is 1. The molecule has 2 rings (SSSR count). The molecule has 1 amide bonds. The predicted octanol–water partition coefficient (Wildman–Crippen LogP) is 0.896. The van der Waals surface area contributed by atoms with Gasteiger partial charge in [-0.2, -0.15) is 0 Å². The fourth-order valence-electron chi connectivity index (χ4n) is 1.58. The van der Waals surface area contributed by atoms with E-state index >= 15 is 0 Å². The van der Waals surface area contributed by atoms with Gasteiger partial charge in [-0.05, 0) is 0 Å². The summed E-state index contributed by atoms with van der Waals surface area (Å²) in [6.07, 6.45) is 0. The molecular formula is C9H9BF3N2O-. The van der Waals surface area contributed by atoms with Crippen molar-refractivity contribution >= 4 is 24.0 Å². The van der Waals surface area contributed by atoms with Crippen LogP contribution in [0.3, 0.4) is 0 Å². The maximum atomic E-state index is 12.5. The first kappa shape index (κ1) is 10.8. The van der Waals surface area contributed by atoms with Crippen LogP contribution in [-0.4, -0.2) is 26.0 Å². The molecule has 0 fully saturated rings. The highest BCUT2D eigenvalue weighted by Crippen LogP contribution is 2.18. The molecule has 0 bridgehead atoms. The Morgan fingerprint density at radius 2 is 1.81 bits per heavy atom. The third-order valence-electron chi connectivity index (χ3n) is 2.39. The van der Waals surface area contributed by atoms with Crippen molar-refractivity contribution in [3.8, 4) is 0 Å². The van der Waals surface area contributed by atoms with Gasteiger partial charge in [-0.3, -0.25) is 4.79 Å².